The van der Waals surface area contributed by atoms with Crippen LogP contribution in [0.3, 0.4) is 0 Å². The largest absolute Gasteiger partial charge is 0.409 e. The normalized spacial score (nSPS) is 18.0. The second-order valence-electron chi connectivity index (χ2n) is 8.40. The highest BCUT2D eigenvalue weighted by Crippen LogP contribution is 2.37. The zero-order valence-corrected chi connectivity index (χ0v) is 17.9. The summed E-state index contributed by atoms with van der Waals surface area (Å²) in [5, 5.41) is 10.8. The number of imidazole rings is 1. The molecule has 9 nitrogen and oxygen atoms in total. The first kappa shape index (κ1) is 20.8. The van der Waals surface area contributed by atoms with Gasteiger partial charge in [0.15, 0.2) is 11.6 Å². The van der Waals surface area contributed by atoms with E-state index in [4.69, 9.17) is 0 Å². The predicted molar refractivity (Wildman–Crippen MR) is 115 cm³/mol. The third kappa shape index (κ3) is 3.79. The predicted octanol–water partition coefficient (Wildman–Crippen LogP) is 2.77. The van der Waals surface area contributed by atoms with E-state index in [-0.39, 0.29) is 12.2 Å². The third-order valence-electron chi connectivity index (χ3n) is 6.03. The van der Waals surface area contributed by atoms with Gasteiger partial charge in [-0.1, -0.05) is 10.7 Å². The number of nitrogens with one attached hydrogen (secondary N) is 2. The molecule has 0 spiro atoms. The summed E-state index contributed by atoms with van der Waals surface area (Å²) in [6.45, 7) is 0.244. The van der Waals surface area contributed by atoms with Crippen LogP contribution in [-0.2, 0) is 6.42 Å². The molecule has 4 aromatic heterocycles. The van der Waals surface area contributed by atoms with E-state index in [1.807, 2.05) is 30.3 Å². The SMILES string of the molecule is FC(F)(F)C1NCCc2c1ncn2-c1cc[n+](Nc2cccc(-c3nncn3C3CC3)n2)cc1. The van der Waals surface area contributed by atoms with E-state index in [1.165, 1.54) is 6.33 Å². The highest BCUT2D eigenvalue weighted by molar-refractivity contribution is 5.53. The molecule has 1 aliphatic carbocycles. The molecule has 1 fully saturated rings. The summed E-state index contributed by atoms with van der Waals surface area (Å²) in [5.74, 6) is 1.36. The van der Waals surface area contributed by atoms with Gasteiger partial charge in [-0.2, -0.15) is 13.2 Å². The average Bonchev–Trinajstić information content (AvgIpc) is 3.39. The summed E-state index contributed by atoms with van der Waals surface area (Å²) < 4.78 is 45.5. The van der Waals surface area contributed by atoms with Crippen LogP contribution in [0.25, 0.3) is 17.2 Å². The Morgan fingerprint density at radius 3 is 2.68 bits per heavy atom. The van der Waals surface area contributed by atoms with E-state index in [0.29, 0.717) is 24.0 Å². The Bertz CT molecular complexity index is 1320. The maximum absolute atomic E-state index is 13.3. The van der Waals surface area contributed by atoms with Gasteiger partial charge in [-0.25, -0.2) is 9.97 Å². The molecule has 0 amide bonds. The van der Waals surface area contributed by atoms with Crippen LogP contribution in [0.2, 0.25) is 0 Å². The summed E-state index contributed by atoms with van der Waals surface area (Å²) in [6, 6.07) is 7.97. The lowest BCUT2D eigenvalue weighted by atomic mass is 10.0. The Morgan fingerprint density at radius 2 is 1.91 bits per heavy atom. The topological polar surface area (TPSA) is 89.4 Å². The van der Waals surface area contributed by atoms with Crippen molar-refractivity contribution in [1.82, 2.24) is 34.6 Å². The Hall–Kier alpha value is -3.80. The first-order chi connectivity index (χ1) is 16.5. The summed E-state index contributed by atoms with van der Waals surface area (Å²) in [6.07, 6.45) is 5.09. The maximum atomic E-state index is 13.3. The second kappa shape index (κ2) is 7.90. The molecule has 2 N–H and O–H groups in total. The van der Waals surface area contributed by atoms with Gasteiger partial charge in [-0.05, 0) is 25.0 Å². The Morgan fingerprint density at radius 1 is 1.09 bits per heavy atom. The molecule has 2 aliphatic rings. The van der Waals surface area contributed by atoms with Gasteiger partial charge in [0.25, 0.3) is 0 Å². The molecule has 4 aromatic rings. The minimum Gasteiger partial charge on any atom is -0.309 e. The third-order valence-corrected chi connectivity index (χ3v) is 6.03. The molecule has 0 aromatic carbocycles. The summed E-state index contributed by atoms with van der Waals surface area (Å²) in [4.78, 5) is 8.72. The lowest BCUT2D eigenvalue weighted by Crippen LogP contribution is -2.42. The molecule has 0 bridgehead atoms. The molecule has 0 radical (unpaired) electrons. The van der Waals surface area contributed by atoms with E-state index >= 15 is 0 Å². The van der Waals surface area contributed by atoms with E-state index in [2.05, 4.69) is 35.5 Å². The van der Waals surface area contributed by atoms with Crippen molar-refractivity contribution in [1.29, 1.82) is 0 Å². The number of pyridine rings is 2. The molecular weight excluding hydrogens is 447 g/mol. The first-order valence-electron chi connectivity index (χ1n) is 11.0. The van der Waals surface area contributed by atoms with Gasteiger partial charge < -0.3 is 14.5 Å². The van der Waals surface area contributed by atoms with Gasteiger partial charge in [0.05, 0.1) is 17.7 Å². The minimum absolute atomic E-state index is 0.0358. The van der Waals surface area contributed by atoms with Gasteiger partial charge >= 0.3 is 6.18 Å². The van der Waals surface area contributed by atoms with E-state index in [1.54, 1.807) is 28.0 Å². The van der Waals surface area contributed by atoms with Crippen molar-refractivity contribution >= 4 is 5.82 Å². The van der Waals surface area contributed by atoms with Crippen molar-refractivity contribution in [2.24, 2.45) is 0 Å². The van der Waals surface area contributed by atoms with Crippen LogP contribution in [0, 0.1) is 0 Å². The molecule has 12 heteroatoms. The molecule has 5 heterocycles. The Kier molecular flexibility index (Phi) is 4.83. The fraction of sp³-hybridized carbons (Fsp3) is 0.318. The number of rotatable bonds is 5. The molecule has 34 heavy (non-hydrogen) atoms. The van der Waals surface area contributed by atoms with Crippen LogP contribution in [0.1, 0.15) is 36.3 Å². The zero-order valence-electron chi connectivity index (χ0n) is 17.9. The van der Waals surface area contributed by atoms with Crippen molar-refractivity contribution < 1.29 is 17.8 Å². The van der Waals surface area contributed by atoms with Crippen molar-refractivity contribution in [3.05, 3.63) is 66.8 Å². The van der Waals surface area contributed by atoms with Gasteiger partial charge in [0.2, 0.25) is 12.4 Å². The van der Waals surface area contributed by atoms with Crippen LogP contribution in [0.15, 0.2) is 55.4 Å². The van der Waals surface area contributed by atoms with E-state index in [9.17, 15) is 13.2 Å². The summed E-state index contributed by atoms with van der Waals surface area (Å²) in [5.41, 5.74) is 5.26. The van der Waals surface area contributed by atoms with E-state index < -0.39 is 12.2 Å². The number of nitrogens with zero attached hydrogens (tertiary/aromatic N) is 7. The van der Waals surface area contributed by atoms with Crippen LogP contribution < -0.4 is 15.4 Å². The quantitative estimate of drug-likeness (QED) is 0.438. The maximum Gasteiger partial charge on any atom is 0.409 e. The standard InChI is InChI=1S/C22H21F3N9/c23-22(24,25)20-19-17(6-9-26-20)33(12-27-19)15-7-10-32(11-8-15)31-18-3-1-2-16(29-18)21-30-28-13-34(21)14-4-5-14/h1-3,7-8,10-14,20,26H,4-6,9H2,(H,29,31)/q+1. The highest BCUT2D eigenvalue weighted by atomic mass is 19.4. The molecule has 1 unspecified atom stereocenters. The Balaban J connectivity index is 1.22. The van der Waals surface area contributed by atoms with Crippen LogP contribution >= 0.6 is 0 Å². The monoisotopic (exact) mass is 468 g/mol. The van der Waals surface area contributed by atoms with E-state index in [0.717, 1.165) is 30.0 Å². The fourth-order valence-electron chi connectivity index (χ4n) is 4.26. The van der Waals surface area contributed by atoms with Gasteiger partial charge in [0.1, 0.15) is 18.1 Å². The zero-order chi connectivity index (χ0) is 23.3. The average molecular weight is 468 g/mol. The molecule has 1 aliphatic heterocycles. The number of halogens is 3. The number of anilines is 1. The number of hydrogen-bond donors (Lipinski definition) is 2. The number of fused-ring (bicyclic) bond motifs is 1. The minimum atomic E-state index is -4.38. The second-order valence-corrected chi connectivity index (χ2v) is 8.40. The molecule has 174 valence electrons. The molecule has 1 atom stereocenters. The van der Waals surface area contributed by atoms with Gasteiger partial charge in [-0.3, -0.25) is 0 Å². The van der Waals surface area contributed by atoms with Crippen molar-refractivity contribution in [2.75, 3.05) is 12.0 Å². The van der Waals surface area contributed by atoms with Crippen molar-refractivity contribution in [3.8, 4) is 17.2 Å². The first-order valence-corrected chi connectivity index (χ1v) is 11.0. The van der Waals surface area contributed by atoms with Gasteiger partial charge in [-0.15, -0.1) is 15.6 Å². The van der Waals surface area contributed by atoms with Crippen molar-refractivity contribution in [2.45, 2.75) is 37.5 Å². The van der Waals surface area contributed by atoms with Gasteiger partial charge in [0, 0.05) is 36.8 Å². The highest BCUT2D eigenvalue weighted by Gasteiger charge is 2.45. The lowest BCUT2D eigenvalue weighted by molar-refractivity contribution is -0.643. The van der Waals surface area contributed by atoms with Crippen LogP contribution in [0.4, 0.5) is 19.0 Å². The smallest absolute Gasteiger partial charge is 0.309 e. The number of alkyl halides is 3. The molecule has 6 rings (SSSR count). The number of aromatic nitrogens is 7. The van der Waals surface area contributed by atoms with Crippen LogP contribution in [0.5, 0.6) is 0 Å². The van der Waals surface area contributed by atoms with Crippen molar-refractivity contribution in [3.63, 3.8) is 0 Å². The van der Waals surface area contributed by atoms with Crippen LogP contribution in [-0.4, -0.2) is 42.0 Å². The molecular formula is C22H21F3N9+. The lowest BCUT2D eigenvalue weighted by Gasteiger charge is -2.26. The Labute approximate surface area is 192 Å². The summed E-state index contributed by atoms with van der Waals surface area (Å²) >= 11 is 0. The molecule has 0 saturated heterocycles. The molecule has 1 saturated carbocycles. The number of hydrogen-bond acceptors (Lipinski definition) is 6. The fourth-order valence-corrected chi connectivity index (χ4v) is 4.26. The summed E-state index contributed by atoms with van der Waals surface area (Å²) in [7, 11) is 0.